The number of likely N-dealkylation sites (tertiary alicyclic amines) is 1. The van der Waals surface area contributed by atoms with E-state index in [4.69, 9.17) is 23.7 Å². The van der Waals surface area contributed by atoms with Gasteiger partial charge in [0.25, 0.3) is 0 Å². The van der Waals surface area contributed by atoms with Crippen molar-refractivity contribution in [2.45, 2.75) is 38.1 Å². The van der Waals surface area contributed by atoms with Crippen LogP contribution in [-0.4, -0.2) is 50.7 Å². The topological polar surface area (TPSA) is 62.3 Å². The van der Waals surface area contributed by atoms with E-state index in [1.54, 1.807) is 0 Å². The summed E-state index contributed by atoms with van der Waals surface area (Å²) in [7, 11) is 5.58. The zero-order valence-corrected chi connectivity index (χ0v) is 13.3. The molecule has 5 heteroatoms. The molecule has 0 amide bonds. The minimum atomic E-state index is 0.0446. The second-order valence-corrected chi connectivity index (χ2v) is 6.54. The Labute approximate surface area is 133 Å². The molecule has 116 valence electrons. The Morgan fingerprint density at radius 1 is 1.32 bits per heavy atom. The van der Waals surface area contributed by atoms with Gasteiger partial charge in [-0.05, 0) is 74.1 Å². The number of nitrogens with two attached hydrogens (primary N) is 1. The minimum absolute atomic E-state index is 0.0446. The zero-order chi connectivity index (χ0) is 15.7. The third kappa shape index (κ3) is 3.06. The molecule has 0 aliphatic carbocycles. The van der Waals surface area contributed by atoms with Gasteiger partial charge in [-0.1, -0.05) is 0 Å². The van der Waals surface area contributed by atoms with Crippen LogP contribution < -0.4 is 5.73 Å². The molecule has 0 bridgehead atoms. The Kier molecular flexibility index (Phi) is 4.55. The highest BCUT2D eigenvalue weighted by Crippen LogP contribution is 2.34. The molecule has 2 aliphatic rings. The highest BCUT2D eigenvalue weighted by Gasteiger charge is 2.28. The second kappa shape index (κ2) is 6.43. The molecule has 3 rings (SSSR count). The molecule has 3 N–H and O–H groups in total. The number of nitrogens with one attached hydrogen (secondary N) is 1. The molecule has 22 heavy (non-hydrogen) atoms. The normalized spacial score (nSPS) is 23.8. The van der Waals surface area contributed by atoms with Crippen molar-refractivity contribution in [3.8, 4) is 0 Å². The second-order valence-electron chi connectivity index (χ2n) is 6.54. The molecule has 2 radical (unpaired) electrons. The van der Waals surface area contributed by atoms with Gasteiger partial charge in [0.2, 0.25) is 0 Å². The van der Waals surface area contributed by atoms with Crippen molar-refractivity contribution in [2.24, 2.45) is 0 Å². The summed E-state index contributed by atoms with van der Waals surface area (Å²) in [5.74, 6) is 0.557. The van der Waals surface area contributed by atoms with Crippen molar-refractivity contribution in [1.29, 1.82) is 5.41 Å². The van der Waals surface area contributed by atoms with Crippen molar-refractivity contribution in [3.63, 3.8) is 0 Å². The first-order valence-corrected chi connectivity index (χ1v) is 8.12. The Morgan fingerprint density at radius 3 is 2.64 bits per heavy atom. The number of nitrogens with zero attached hydrogens (tertiary/aromatic N) is 1. The summed E-state index contributed by atoms with van der Waals surface area (Å²) in [6.07, 6.45) is 3.50. The van der Waals surface area contributed by atoms with Gasteiger partial charge in [-0.15, -0.1) is 0 Å². The third-order valence-electron chi connectivity index (χ3n) is 5.12. The van der Waals surface area contributed by atoms with E-state index in [-0.39, 0.29) is 5.61 Å². The van der Waals surface area contributed by atoms with Gasteiger partial charge in [0, 0.05) is 23.9 Å². The Hall–Kier alpha value is -1.33. The molecule has 2 saturated heterocycles. The lowest BCUT2D eigenvalue weighted by atomic mass is 9.83. The smallest absolute Gasteiger partial charge is 0.141 e. The summed E-state index contributed by atoms with van der Waals surface area (Å²) in [5, 5.41) is 7.59. The summed E-state index contributed by atoms with van der Waals surface area (Å²) in [5.41, 5.74) is 9.92. The Morgan fingerprint density at radius 2 is 2.05 bits per heavy atom. The Bertz CT molecular complexity index is 561. The van der Waals surface area contributed by atoms with Crippen LogP contribution in [0.3, 0.4) is 0 Å². The molecule has 0 aromatic heterocycles. The van der Waals surface area contributed by atoms with Crippen molar-refractivity contribution in [3.05, 3.63) is 28.8 Å². The fourth-order valence-electron chi connectivity index (χ4n) is 3.80. The summed E-state index contributed by atoms with van der Waals surface area (Å²) >= 11 is 0. The number of aryl methyl sites for hydroxylation is 1. The van der Waals surface area contributed by atoms with Crippen LogP contribution >= 0.6 is 0 Å². The van der Waals surface area contributed by atoms with Gasteiger partial charge in [0.05, 0.1) is 6.61 Å². The number of rotatable bonds is 3. The van der Waals surface area contributed by atoms with Gasteiger partial charge in [0.1, 0.15) is 7.85 Å². The van der Waals surface area contributed by atoms with Gasteiger partial charge < -0.3 is 15.9 Å². The molecular weight excluding hydrogens is 273 g/mol. The van der Waals surface area contributed by atoms with Gasteiger partial charge in [-0.2, -0.15) is 0 Å². The van der Waals surface area contributed by atoms with Crippen LogP contribution in [0.1, 0.15) is 41.9 Å². The fourth-order valence-corrected chi connectivity index (χ4v) is 3.80. The lowest BCUT2D eigenvalue weighted by molar-refractivity contribution is 0.122. The van der Waals surface area contributed by atoms with E-state index < -0.39 is 0 Å². The molecular formula is C17H24BN3O. The van der Waals surface area contributed by atoms with E-state index in [0.29, 0.717) is 23.2 Å². The highest BCUT2D eigenvalue weighted by molar-refractivity contribution is 6.64. The molecule has 0 saturated carbocycles. The number of ether oxygens (including phenoxy) is 1. The third-order valence-corrected chi connectivity index (χ3v) is 5.12. The fraction of sp³-hybridized carbons (Fsp3) is 0.588. The minimum Gasteiger partial charge on any atom is -0.398 e. The van der Waals surface area contributed by atoms with Crippen molar-refractivity contribution in [2.75, 3.05) is 32.0 Å². The highest BCUT2D eigenvalue weighted by atomic mass is 16.5. The van der Waals surface area contributed by atoms with Crippen LogP contribution in [-0.2, 0) is 4.74 Å². The molecule has 1 atom stereocenters. The monoisotopic (exact) mass is 297 g/mol. The van der Waals surface area contributed by atoms with Gasteiger partial charge in [-0.3, -0.25) is 4.90 Å². The molecule has 2 heterocycles. The summed E-state index contributed by atoms with van der Waals surface area (Å²) < 4.78 is 5.50. The lowest BCUT2D eigenvalue weighted by Gasteiger charge is -2.36. The van der Waals surface area contributed by atoms with Crippen LogP contribution in [0, 0.1) is 12.3 Å². The van der Waals surface area contributed by atoms with Crippen molar-refractivity contribution in [1.82, 2.24) is 4.90 Å². The van der Waals surface area contributed by atoms with Crippen LogP contribution in [0.5, 0.6) is 0 Å². The first kappa shape index (κ1) is 15.6. The predicted molar refractivity (Wildman–Crippen MR) is 90.9 cm³/mol. The summed E-state index contributed by atoms with van der Waals surface area (Å²) in [4.78, 5) is 2.58. The van der Waals surface area contributed by atoms with Crippen LogP contribution in [0.4, 0.5) is 5.69 Å². The van der Waals surface area contributed by atoms with E-state index in [1.165, 1.54) is 17.5 Å². The first-order valence-electron chi connectivity index (χ1n) is 8.12. The average Bonchev–Trinajstić information content (AvgIpc) is 3.03. The van der Waals surface area contributed by atoms with Crippen molar-refractivity contribution < 1.29 is 4.74 Å². The maximum Gasteiger partial charge on any atom is 0.141 e. The standard InChI is InChI=1S/C17H24BN3O/c1-11-8-15(17(18)20)16(19)9-14(11)12-2-5-21(6-3-12)13-4-7-22-10-13/h8-9,12-13,20H,2-7,10,19H2,1H3. The molecule has 1 aromatic carbocycles. The molecule has 1 unspecified atom stereocenters. The van der Waals surface area contributed by atoms with Crippen LogP contribution in [0.2, 0.25) is 0 Å². The van der Waals surface area contributed by atoms with Gasteiger partial charge in [-0.25, -0.2) is 0 Å². The quantitative estimate of drug-likeness (QED) is 0.510. The molecule has 0 spiro atoms. The maximum atomic E-state index is 7.59. The van der Waals surface area contributed by atoms with Crippen LogP contribution in [0.25, 0.3) is 0 Å². The lowest BCUT2D eigenvalue weighted by Crippen LogP contribution is -2.41. The number of piperidine rings is 1. The van der Waals surface area contributed by atoms with E-state index in [0.717, 1.165) is 39.1 Å². The SMILES string of the molecule is [B]C(=N)c1cc(C)c(C2CCN(C3CCOC3)CC2)cc1N. The average molecular weight is 297 g/mol. The predicted octanol–water partition coefficient (Wildman–Crippen LogP) is 2.04. The van der Waals surface area contributed by atoms with E-state index in [9.17, 15) is 0 Å². The van der Waals surface area contributed by atoms with Crippen molar-refractivity contribution >= 4 is 19.1 Å². The number of nitrogen functional groups attached to an aromatic ring is 1. The first-order chi connectivity index (χ1) is 10.6. The molecule has 2 aliphatic heterocycles. The summed E-state index contributed by atoms with van der Waals surface area (Å²) in [6.45, 7) is 6.16. The van der Waals surface area contributed by atoms with Gasteiger partial charge >= 0.3 is 0 Å². The Balaban J connectivity index is 1.70. The number of anilines is 1. The molecule has 4 nitrogen and oxygen atoms in total. The largest absolute Gasteiger partial charge is 0.398 e. The van der Waals surface area contributed by atoms with E-state index in [2.05, 4.69) is 11.8 Å². The molecule has 2 fully saturated rings. The van der Waals surface area contributed by atoms with Gasteiger partial charge in [0.15, 0.2) is 0 Å². The number of hydrogen-bond acceptors (Lipinski definition) is 4. The zero-order valence-electron chi connectivity index (χ0n) is 13.3. The summed E-state index contributed by atoms with van der Waals surface area (Å²) in [6, 6.07) is 4.61. The van der Waals surface area contributed by atoms with E-state index in [1.807, 2.05) is 12.1 Å². The van der Waals surface area contributed by atoms with Crippen LogP contribution in [0.15, 0.2) is 12.1 Å². The van der Waals surface area contributed by atoms with E-state index >= 15 is 0 Å². The molecule has 1 aromatic rings. The number of hydrogen-bond donors (Lipinski definition) is 2. The maximum absolute atomic E-state index is 7.59. The number of benzene rings is 1.